The number of hydrogen-bond donors (Lipinski definition) is 5. The fourth-order valence-corrected chi connectivity index (χ4v) is 2.63. The van der Waals surface area contributed by atoms with Crippen molar-refractivity contribution in [3.63, 3.8) is 0 Å². The number of thiazole rings is 1. The molecule has 0 fully saturated rings. The molecule has 0 aliphatic rings. The number of carboxylic acid groups (broad SMARTS) is 2. The summed E-state index contributed by atoms with van der Waals surface area (Å²) in [7, 11) is 0. The van der Waals surface area contributed by atoms with Crippen molar-refractivity contribution in [3.05, 3.63) is 57.2 Å². The van der Waals surface area contributed by atoms with Crippen molar-refractivity contribution in [3.8, 4) is 0 Å². The van der Waals surface area contributed by atoms with Gasteiger partial charge < -0.3 is 20.9 Å². The number of nitrogen functional groups attached to an aromatic ring is 1. The number of fused-ring (bicyclic) bond motifs is 1. The molecule has 0 atom stereocenters. The lowest BCUT2D eigenvalue weighted by molar-refractivity contribution is 0.0686. The minimum atomic E-state index is -0.992. The average Bonchev–Trinajstić information content (AvgIpc) is 2.89. The number of nitrogens with two attached hydrogens (primary N) is 1. The number of rotatable bonds is 2. The highest BCUT2D eigenvalue weighted by atomic mass is 35.5. The number of carbonyl (C=O) groups is 2. The summed E-state index contributed by atoms with van der Waals surface area (Å²) in [5.74, 6) is -1.97. The zero-order valence-electron chi connectivity index (χ0n) is 12.4. The molecular formula is C15H13ClN2O5S2. The van der Waals surface area contributed by atoms with Gasteiger partial charge in [-0.1, -0.05) is 11.3 Å². The lowest BCUT2D eigenvalue weighted by Gasteiger charge is -1.98. The van der Waals surface area contributed by atoms with Crippen LogP contribution in [0.3, 0.4) is 0 Å². The first-order valence-corrected chi connectivity index (χ1v) is 7.72. The molecule has 0 saturated carbocycles. The van der Waals surface area contributed by atoms with Gasteiger partial charge in [-0.25, -0.2) is 9.59 Å². The van der Waals surface area contributed by atoms with Crippen molar-refractivity contribution in [2.24, 2.45) is 0 Å². The van der Waals surface area contributed by atoms with Crippen LogP contribution in [0, 0.1) is 0 Å². The summed E-state index contributed by atoms with van der Waals surface area (Å²) in [4.78, 5) is 34.8. The number of aromatic amines is 1. The van der Waals surface area contributed by atoms with Crippen molar-refractivity contribution in [2.45, 2.75) is 4.90 Å². The van der Waals surface area contributed by atoms with Crippen LogP contribution in [-0.4, -0.2) is 27.1 Å². The third-order valence-electron chi connectivity index (χ3n) is 2.94. The summed E-state index contributed by atoms with van der Waals surface area (Å²) in [6.07, 6.45) is 0. The van der Waals surface area contributed by atoms with Gasteiger partial charge in [0.15, 0.2) is 0 Å². The fourth-order valence-electron chi connectivity index (χ4n) is 1.77. The molecule has 0 aliphatic heterocycles. The van der Waals surface area contributed by atoms with Crippen molar-refractivity contribution < 1.29 is 19.8 Å². The van der Waals surface area contributed by atoms with Crippen LogP contribution in [0.15, 0.2) is 46.1 Å². The smallest absolute Gasteiger partial charge is 0.335 e. The van der Waals surface area contributed by atoms with Crippen LogP contribution in [0.25, 0.3) is 10.2 Å². The Morgan fingerprint density at radius 2 is 1.60 bits per heavy atom. The minimum absolute atomic E-state index is 0. The number of aromatic carboxylic acids is 2. The van der Waals surface area contributed by atoms with Crippen LogP contribution in [0.5, 0.6) is 0 Å². The van der Waals surface area contributed by atoms with E-state index >= 15 is 0 Å². The molecular weight excluding hydrogens is 388 g/mol. The number of hydrogen-bond acceptors (Lipinski definition) is 6. The summed E-state index contributed by atoms with van der Waals surface area (Å²) in [6, 6.07) is 8.96. The summed E-state index contributed by atoms with van der Waals surface area (Å²) >= 11 is 5.06. The van der Waals surface area contributed by atoms with Gasteiger partial charge in [-0.15, -0.1) is 25.0 Å². The van der Waals surface area contributed by atoms with Crippen molar-refractivity contribution >= 4 is 64.2 Å². The molecule has 0 aliphatic carbocycles. The number of nitrogens with one attached hydrogen (secondary N) is 1. The monoisotopic (exact) mass is 400 g/mol. The summed E-state index contributed by atoms with van der Waals surface area (Å²) in [6.45, 7) is 0. The Morgan fingerprint density at radius 1 is 1.04 bits per heavy atom. The van der Waals surface area contributed by atoms with E-state index in [1.807, 2.05) is 0 Å². The van der Waals surface area contributed by atoms with E-state index in [4.69, 9.17) is 15.9 Å². The topological polar surface area (TPSA) is 133 Å². The quantitative estimate of drug-likeness (QED) is 0.331. The van der Waals surface area contributed by atoms with E-state index in [1.165, 1.54) is 24.3 Å². The molecule has 1 aromatic heterocycles. The molecule has 0 amide bonds. The first-order valence-electron chi connectivity index (χ1n) is 6.46. The Balaban J connectivity index is 0.000000244. The Bertz CT molecular complexity index is 983. The summed E-state index contributed by atoms with van der Waals surface area (Å²) in [5, 5.41) is 17.2. The van der Waals surface area contributed by atoms with Crippen molar-refractivity contribution in [1.82, 2.24) is 4.98 Å². The zero-order chi connectivity index (χ0) is 17.9. The molecule has 0 radical (unpaired) electrons. The lowest BCUT2D eigenvalue weighted by atomic mass is 10.2. The van der Waals surface area contributed by atoms with E-state index in [2.05, 4.69) is 17.6 Å². The standard InChI is InChI=1S/C8H5NO3S.C7H7NO2S.ClH/c10-7(11)4-1-2-6-5(3-4)9-8(12)13-6;8-5-3-4(7(9)10)1-2-6(5)11;/h1-3H,(H,9,12)(H,10,11);1-3,11H,8H2,(H,9,10);1H. The molecule has 2 aromatic carbocycles. The Morgan fingerprint density at radius 3 is 2.16 bits per heavy atom. The van der Waals surface area contributed by atoms with Gasteiger partial charge in [-0.05, 0) is 36.4 Å². The highest BCUT2D eigenvalue weighted by Crippen LogP contribution is 2.17. The second-order valence-electron chi connectivity index (χ2n) is 4.61. The molecule has 1 heterocycles. The third kappa shape index (κ3) is 5.24. The van der Waals surface area contributed by atoms with Crippen molar-refractivity contribution in [2.75, 3.05) is 5.73 Å². The van der Waals surface area contributed by atoms with E-state index < -0.39 is 11.9 Å². The maximum absolute atomic E-state index is 10.9. The van der Waals surface area contributed by atoms with Gasteiger partial charge in [-0.3, -0.25) is 4.79 Å². The number of carboxylic acids is 2. The molecule has 3 aromatic rings. The first kappa shape index (κ1) is 20.6. The highest BCUT2D eigenvalue weighted by Gasteiger charge is 2.05. The zero-order valence-corrected chi connectivity index (χ0v) is 15.0. The molecule has 10 heteroatoms. The van der Waals surface area contributed by atoms with Crippen LogP contribution < -0.4 is 10.6 Å². The minimum Gasteiger partial charge on any atom is -0.478 e. The predicted molar refractivity (Wildman–Crippen MR) is 102 cm³/mol. The molecule has 0 unspecified atom stereocenters. The normalized spacial score (nSPS) is 9.64. The fraction of sp³-hybridized carbons (Fsp3) is 0. The summed E-state index contributed by atoms with van der Waals surface area (Å²) < 4.78 is 0.773. The van der Waals surface area contributed by atoms with Gasteiger partial charge in [0.25, 0.3) is 0 Å². The van der Waals surface area contributed by atoms with Gasteiger partial charge in [0.05, 0.1) is 21.3 Å². The van der Waals surface area contributed by atoms with Crippen molar-refractivity contribution in [1.29, 1.82) is 0 Å². The van der Waals surface area contributed by atoms with E-state index in [1.54, 1.807) is 12.1 Å². The maximum Gasteiger partial charge on any atom is 0.335 e. The number of anilines is 1. The largest absolute Gasteiger partial charge is 0.478 e. The van der Waals surface area contributed by atoms with Gasteiger partial charge in [0.1, 0.15) is 0 Å². The van der Waals surface area contributed by atoms with E-state index in [0.29, 0.717) is 16.1 Å². The Hall–Kier alpha value is -2.49. The first-order chi connectivity index (χ1) is 11.3. The SMILES string of the molecule is Cl.Nc1cc(C(=O)O)ccc1S.O=C(O)c1ccc2sc(=O)[nH]c2c1. The average molecular weight is 401 g/mol. The molecule has 3 rings (SSSR count). The van der Waals surface area contributed by atoms with Gasteiger partial charge in [0.2, 0.25) is 0 Å². The number of halogens is 1. The Kier molecular flexibility index (Phi) is 7.04. The molecule has 5 N–H and O–H groups in total. The van der Waals surface area contributed by atoms with E-state index in [9.17, 15) is 14.4 Å². The van der Waals surface area contributed by atoms with E-state index in [-0.39, 0.29) is 28.4 Å². The van der Waals surface area contributed by atoms with Crippen LogP contribution in [0.1, 0.15) is 20.7 Å². The highest BCUT2D eigenvalue weighted by molar-refractivity contribution is 7.80. The van der Waals surface area contributed by atoms with Crippen LogP contribution in [0.2, 0.25) is 0 Å². The molecule has 7 nitrogen and oxygen atoms in total. The van der Waals surface area contributed by atoms with Gasteiger partial charge in [-0.2, -0.15) is 0 Å². The predicted octanol–water partition coefficient (Wildman–Crippen LogP) is 2.97. The second kappa shape index (κ2) is 8.56. The number of H-pyrrole nitrogens is 1. The maximum atomic E-state index is 10.9. The number of benzene rings is 2. The number of thiol groups is 1. The molecule has 132 valence electrons. The number of aromatic nitrogens is 1. The molecule has 0 spiro atoms. The Labute approximate surface area is 156 Å². The summed E-state index contributed by atoms with van der Waals surface area (Å²) in [5.41, 5.74) is 6.74. The van der Waals surface area contributed by atoms with Crippen LogP contribution in [0.4, 0.5) is 5.69 Å². The second-order valence-corrected chi connectivity index (χ2v) is 6.11. The molecule has 0 saturated heterocycles. The van der Waals surface area contributed by atoms with Gasteiger partial charge >= 0.3 is 16.8 Å². The third-order valence-corrected chi connectivity index (χ3v) is 4.21. The van der Waals surface area contributed by atoms with Crippen LogP contribution >= 0.6 is 36.4 Å². The molecule has 25 heavy (non-hydrogen) atoms. The molecule has 0 bridgehead atoms. The van der Waals surface area contributed by atoms with E-state index in [0.717, 1.165) is 16.0 Å². The van der Waals surface area contributed by atoms with Crippen LogP contribution in [-0.2, 0) is 0 Å². The van der Waals surface area contributed by atoms with Gasteiger partial charge in [0, 0.05) is 10.6 Å². The lowest BCUT2D eigenvalue weighted by Crippen LogP contribution is -1.97.